The van der Waals surface area contributed by atoms with Crippen LogP contribution >= 0.6 is 0 Å². The van der Waals surface area contributed by atoms with Crippen molar-refractivity contribution < 1.29 is 4.74 Å². The summed E-state index contributed by atoms with van der Waals surface area (Å²) < 4.78 is 5.94. The van der Waals surface area contributed by atoms with Crippen LogP contribution in [0.15, 0.2) is 24.3 Å². The molecule has 0 radical (unpaired) electrons. The minimum Gasteiger partial charge on any atom is -0.370 e. The fourth-order valence-corrected chi connectivity index (χ4v) is 2.28. The van der Waals surface area contributed by atoms with E-state index in [0.717, 1.165) is 13.2 Å². The largest absolute Gasteiger partial charge is 0.370 e. The van der Waals surface area contributed by atoms with Crippen LogP contribution in [0, 0.1) is 0 Å². The van der Waals surface area contributed by atoms with Crippen LogP contribution in [0.4, 0.5) is 0 Å². The zero-order chi connectivity index (χ0) is 13.2. The third-order valence-corrected chi connectivity index (χ3v) is 3.90. The molecule has 1 aliphatic rings. The molecular weight excluding hydrogens is 222 g/mol. The molecule has 0 aromatic heterocycles. The summed E-state index contributed by atoms with van der Waals surface area (Å²) in [6.07, 6.45) is 1.39. The van der Waals surface area contributed by atoms with E-state index in [1.165, 1.54) is 17.5 Å². The lowest BCUT2D eigenvalue weighted by molar-refractivity contribution is -0.0229. The molecular formula is C16H25NO. The summed E-state index contributed by atoms with van der Waals surface area (Å²) >= 11 is 0. The zero-order valence-corrected chi connectivity index (χ0v) is 12.0. The van der Waals surface area contributed by atoms with Crippen LogP contribution < -0.4 is 5.32 Å². The maximum Gasteiger partial charge on any atom is 0.0950 e. The molecule has 2 unspecified atom stereocenters. The van der Waals surface area contributed by atoms with Gasteiger partial charge in [-0.15, -0.1) is 0 Å². The highest BCUT2D eigenvalue weighted by atomic mass is 16.5. The van der Waals surface area contributed by atoms with Crippen molar-refractivity contribution in [1.29, 1.82) is 0 Å². The molecule has 0 spiro atoms. The van der Waals surface area contributed by atoms with E-state index in [1.807, 2.05) is 0 Å². The Bertz CT molecular complexity index is 373. The molecule has 0 amide bonds. The van der Waals surface area contributed by atoms with Crippen LogP contribution in [-0.4, -0.2) is 18.7 Å². The van der Waals surface area contributed by atoms with Crippen molar-refractivity contribution in [3.63, 3.8) is 0 Å². The van der Waals surface area contributed by atoms with Crippen LogP contribution in [0.1, 0.15) is 57.3 Å². The average Bonchev–Trinajstić information content (AvgIpc) is 2.38. The average molecular weight is 247 g/mol. The van der Waals surface area contributed by atoms with Gasteiger partial charge in [0.15, 0.2) is 0 Å². The summed E-state index contributed by atoms with van der Waals surface area (Å²) in [5.41, 5.74) is 2.81. The van der Waals surface area contributed by atoms with Gasteiger partial charge in [-0.1, -0.05) is 38.1 Å². The molecule has 2 heteroatoms. The van der Waals surface area contributed by atoms with Gasteiger partial charge in [0.05, 0.1) is 12.7 Å². The third-order valence-electron chi connectivity index (χ3n) is 3.90. The molecule has 1 aliphatic heterocycles. The van der Waals surface area contributed by atoms with E-state index in [1.54, 1.807) is 0 Å². The highest BCUT2D eigenvalue weighted by Crippen LogP contribution is 2.26. The van der Waals surface area contributed by atoms with Gasteiger partial charge in [0.2, 0.25) is 0 Å². The minimum atomic E-state index is 0.104. The van der Waals surface area contributed by atoms with E-state index in [4.69, 9.17) is 4.74 Å². The number of ether oxygens (including phenoxy) is 1. The Morgan fingerprint density at radius 1 is 1.33 bits per heavy atom. The number of benzene rings is 1. The van der Waals surface area contributed by atoms with Gasteiger partial charge in [0, 0.05) is 12.1 Å². The highest BCUT2D eigenvalue weighted by molar-refractivity contribution is 5.27. The summed E-state index contributed by atoms with van der Waals surface area (Å²) in [6.45, 7) is 10.5. The Balaban J connectivity index is 2.02. The van der Waals surface area contributed by atoms with Gasteiger partial charge in [0.25, 0.3) is 0 Å². The fourth-order valence-electron chi connectivity index (χ4n) is 2.28. The monoisotopic (exact) mass is 247 g/mol. The standard InChI is InChI=1S/C16H25NO/c1-5-12(2)13-6-8-14(9-7-13)15-10-17-16(3,4)11-18-15/h6-9,12,15,17H,5,10-11H2,1-4H3. The molecule has 0 saturated carbocycles. The van der Waals surface area contributed by atoms with Gasteiger partial charge in [-0.05, 0) is 37.3 Å². The first-order valence-corrected chi connectivity index (χ1v) is 6.98. The lowest BCUT2D eigenvalue weighted by atomic mass is 9.95. The van der Waals surface area contributed by atoms with Crippen molar-refractivity contribution in [3.8, 4) is 0 Å². The SMILES string of the molecule is CCC(C)c1ccc(C2CNC(C)(C)CO2)cc1. The van der Waals surface area contributed by atoms with Gasteiger partial charge >= 0.3 is 0 Å². The number of morpholine rings is 1. The lowest BCUT2D eigenvalue weighted by Crippen LogP contribution is -2.50. The molecule has 2 atom stereocenters. The maximum atomic E-state index is 5.94. The summed E-state index contributed by atoms with van der Waals surface area (Å²) in [7, 11) is 0. The molecule has 1 heterocycles. The van der Waals surface area contributed by atoms with Gasteiger partial charge in [-0.3, -0.25) is 0 Å². The molecule has 1 aromatic carbocycles. The zero-order valence-electron chi connectivity index (χ0n) is 12.0. The normalized spacial score (nSPS) is 24.8. The van der Waals surface area contributed by atoms with E-state index in [-0.39, 0.29) is 11.6 Å². The first kappa shape index (κ1) is 13.6. The third kappa shape index (κ3) is 3.12. The van der Waals surface area contributed by atoms with Crippen LogP contribution in [-0.2, 0) is 4.74 Å². The second kappa shape index (κ2) is 5.41. The molecule has 18 heavy (non-hydrogen) atoms. The second-order valence-corrected chi connectivity index (χ2v) is 6.04. The fraction of sp³-hybridized carbons (Fsp3) is 0.625. The Hall–Kier alpha value is -0.860. The number of hydrogen-bond donors (Lipinski definition) is 1. The summed E-state index contributed by atoms with van der Waals surface area (Å²) in [6, 6.07) is 8.91. The van der Waals surface area contributed by atoms with Crippen LogP contribution in [0.3, 0.4) is 0 Å². The van der Waals surface area contributed by atoms with Crippen molar-refractivity contribution in [2.45, 2.75) is 51.7 Å². The smallest absolute Gasteiger partial charge is 0.0950 e. The van der Waals surface area contributed by atoms with E-state index >= 15 is 0 Å². The minimum absolute atomic E-state index is 0.104. The lowest BCUT2D eigenvalue weighted by Gasteiger charge is -2.36. The first-order chi connectivity index (χ1) is 8.52. The van der Waals surface area contributed by atoms with Crippen molar-refractivity contribution >= 4 is 0 Å². The van der Waals surface area contributed by atoms with Crippen LogP contribution in [0.2, 0.25) is 0 Å². The van der Waals surface area contributed by atoms with Crippen LogP contribution in [0.5, 0.6) is 0 Å². The Morgan fingerprint density at radius 2 is 2.00 bits per heavy atom. The van der Waals surface area contributed by atoms with E-state index in [2.05, 4.69) is 57.3 Å². The summed E-state index contributed by atoms with van der Waals surface area (Å²) in [5.74, 6) is 0.642. The molecule has 0 bridgehead atoms. The van der Waals surface area contributed by atoms with Crippen molar-refractivity contribution in [2.24, 2.45) is 0 Å². The molecule has 0 aliphatic carbocycles. The predicted molar refractivity (Wildman–Crippen MR) is 75.9 cm³/mol. The van der Waals surface area contributed by atoms with Gasteiger partial charge in [-0.25, -0.2) is 0 Å². The number of nitrogens with one attached hydrogen (secondary N) is 1. The van der Waals surface area contributed by atoms with Crippen molar-refractivity contribution in [1.82, 2.24) is 5.32 Å². The molecule has 1 aromatic rings. The Morgan fingerprint density at radius 3 is 2.50 bits per heavy atom. The molecule has 2 rings (SSSR count). The van der Waals surface area contributed by atoms with E-state index < -0.39 is 0 Å². The predicted octanol–water partition coefficient (Wildman–Crippen LogP) is 3.64. The van der Waals surface area contributed by atoms with Crippen molar-refractivity contribution in [3.05, 3.63) is 35.4 Å². The maximum absolute atomic E-state index is 5.94. The van der Waals surface area contributed by atoms with E-state index in [0.29, 0.717) is 5.92 Å². The van der Waals surface area contributed by atoms with E-state index in [9.17, 15) is 0 Å². The molecule has 1 N–H and O–H groups in total. The Labute approximate surface area is 111 Å². The summed E-state index contributed by atoms with van der Waals surface area (Å²) in [4.78, 5) is 0. The van der Waals surface area contributed by atoms with Gasteiger partial charge < -0.3 is 10.1 Å². The van der Waals surface area contributed by atoms with Crippen LogP contribution in [0.25, 0.3) is 0 Å². The van der Waals surface area contributed by atoms with Gasteiger partial charge in [-0.2, -0.15) is 0 Å². The topological polar surface area (TPSA) is 21.3 Å². The van der Waals surface area contributed by atoms with Gasteiger partial charge in [0.1, 0.15) is 0 Å². The highest BCUT2D eigenvalue weighted by Gasteiger charge is 2.27. The Kier molecular flexibility index (Phi) is 4.08. The molecule has 100 valence electrons. The van der Waals surface area contributed by atoms with Crippen molar-refractivity contribution in [2.75, 3.05) is 13.2 Å². The number of hydrogen-bond acceptors (Lipinski definition) is 2. The summed E-state index contributed by atoms with van der Waals surface area (Å²) in [5, 5.41) is 3.53. The molecule has 2 nitrogen and oxygen atoms in total. The second-order valence-electron chi connectivity index (χ2n) is 6.04. The molecule has 1 fully saturated rings. The quantitative estimate of drug-likeness (QED) is 0.880. The molecule has 1 saturated heterocycles. The number of rotatable bonds is 3. The first-order valence-electron chi connectivity index (χ1n) is 6.98.